The Morgan fingerprint density at radius 2 is 2.12 bits per heavy atom. The second-order valence-electron chi connectivity index (χ2n) is 6.41. The monoisotopic (exact) mass is 365 g/mol. The lowest BCUT2D eigenvalue weighted by Crippen LogP contribution is -2.49. The standard InChI is InChI=1S/C16H23ClF3N3O/c1-22(2)14-5-6-23(10-11(14)4-3-7-24)15-13(16(18,19)20)8-12(17)9-21-15/h8-9,11,14,24H,3-7,10H2,1-2H3/t11-,14+/m1/s1. The van der Waals surface area contributed by atoms with Gasteiger partial charge >= 0.3 is 6.18 Å². The van der Waals surface area contributed by atoms with E-state index in [9.17, 15) is 13.2 Å². The predicted molar refractivity (Wildman–Crippen MR) is 88.4 cm³/mol. The molecule has 1 aromatic rings. The van der Waals surface area contributed by atoms with Gasteiger partial charge in [0.2, 0.25) is 0 Å². The van der Waals surface area contributed by atoms with Crippen molar-refractivity contribution in [1.29, 1.82) is 0 Å². The summed E-state index contributed by atoms with van der Waals surface area (Å²) in [4.78, 5) is 7.77. The highest BCUT2D eigenvalue weighted by molar-refractivity contribution is 6.30. The molecule has 1 N–H and O–H groups in total. The molecule has 136 valence electrons. The summed E-state index contributed by atoms with van der Waals surface area (Å²) in [5, 5.41) is 9.06. The minimum atomic E-state index is -4.49. The summed E-state index contributed by atoms with van der Waals surface area (Å²) in [5.41, 5.74) is -0.792. The molecule has 24 heavy (non-hydrogen) atoms. The smallest absolute Gasteiger partial charge is 0.396 e. The van der Waals surface area contributed by atoms with Crippen LogP contribution in [0.3, 0.4) is 0 Å². The lowest BCUT2D eigenvalue weighted by atomic mass is 9.87. The maximum atomic E-state index is 13.3. The molecule has 1 saturated heterocycles. The lowest BCUT2D eigenvalue weighted by molar-refractivity contribution is -0.137. The molecule has 1 aliphatic heterocycles. The number of piperidine rings is 1. The van der Waals surface area contributed by atoms with Crippen molar-refractivity contribution < 1.29 is 18.3 Å². The van der Waals surface area contributed by atoms with Crippen LogP contribution in [-0.4, -0.2) is 54.8 Å². The summed E-state index contributed by atoms with van der Waals surface area (Å²) < 4.78 is 40.0. The van der Waals surface area contributed by atoms with Crippen LogP contribution in [-0.2, 0) is 6.18 Å². The van der Waals surface area contributed by atoms with Crippen LogP contribution in [0.4, 0.5) is 19.0 Å². The zero-order valence-corrected chi connectivity index (χ0v) is 14.6. The number of aromatic nitrogens is 1. The van der Waals surface area contributed by atoms with Gasteiger partial charge in [-0.25, -0.2) is 4.98 Å². The van der Waals surface area contributed by atoms with Crippen molar-refractivity contribution >= 4 is 17.4 Å². The van der Waals surface area contributed by atoms with E-state index in [0.717, 1.165) is 18.9 Å². The van der Waals surface area contributed by atoms with Crippen LogP contribution < -0.4 is 4.90 Å². The highest BCUT2D eigenvalue weighted by atomic mass is 35.5. The summed E-state index contributed by atoms with van der Waals surface area (Å²) in [6.07, 6.45) is -1.07. The van der Waals surface area contributed by atoms with Crippen molar-refractivity contribution in [1.82, 2.24) is 9.88 Å². The highest BCUT2D eigenvalue weighted by Gasteiger charge is 2.38. The van der Waals surface area contributed by atoms with Crippen LogP contribution in [0, 0.1) is 5.92 Å². The third-order valence-corrected chi connectivity index (χ3v) is 4.74. The fraction of sp³-hybridized carbons (Fsp3) is 0.688. The molecule has 0 amide bonds. The van der Waals surface area contributed by atoms with E-state index >= 15 is 0 Å². The third kappa shape index (κ3) is 4.52. The number of rotatable bonds is 5. The molecule has 0 aromatic carbocycles. The molecule has 0 bridgehead atoms. The zero-order valence-electron chi connectivity index (χ0n) is 13.9. The summed E-state index contributed by atoms with van der Waals surface area (Å²) in [6.45, 7) is 1.08. The van der Waals surface area contributed by atoms with Gasteiger partial charge in [-0.15, -0.1) is 0 Å². The fourth-order valence-electron chi connectivity index (χ4n) is 3.42. The van der Waals surface area contributed by atoms with Crippen molar-refractivity contribution in [3.05, 3.63) is 22.8 Å². The van der Waals surface area contributed by atoms with Gasteiger partial charge in [-0.1, -0.05) is 11.6 Å². The summed E-state index contributed by atoms with van der Waals surface area (Å²) in [5.74, 6) is 0.123. The summed E-state index contributed by atoms with van der Waals surface area (Å²) >= 11 is 5.71. The minimum Gasteiger partial charge on any atom is -0.396 e. The number of hydrogen-bond acceptors (Lipinski definition) is 4. The Bertz CT molecular complexity index is 554. The van der Waals surface area contributed by atoms with E-state index in [1.165, 1.54) is 6.20 Å². The molecular weight excluding hydrogens is 343 g/mol. The second kappa shape index (κ2) is 7.89. The highest BCUT2D eigenvalue weighted by Crippen LogP contribution is 2.38. The van der Waals surface area contributed by atoms with E-state index in [1.807, 2.05) is 14.1 Å². The second-order valence-corrected chi connectivity index (χ2v) is 6.85. The Kier molecular flexibility index (Phi) is 6.33. The van der Waals surface area contributed by atoms with Gasteiger partial charge in [0.05, 0.1) is 10.6 Å². The molecule has 4 nitrogen and oxygen atoms in total. The average Bonchev–Trinajstić information content (AvgIpc) is 2.51. The first kappa shape index (κ1) is 19.3. The quantitative estimate of drug-likeness (QED) is 0.869. The number of nitrogens with zero attached hydrogens (tertiary/aromatic N) is 3. The van der Waals surface area contributed by atoms with E-state index < -0.39 is 11.7 Å². The Labute approximate surface area is 145 Å². The molecule has 2 heterocycles. The van der Waals surface area contributed by atoms with Crippen LogP contribution in [0.25, 0.3) is 0 Å². The Balaban J connectivity index is 2.27. The normalized spacial score (nSPS) is 22.2. The minimum absolute atomic E-state index is 0.0221. The Morgan fingerprint density at radius 1 is 1.42 bits per heavy atom. The van der Waals surface area contributed by atoms with Gasteiger partial charge in [-0.05, 0) is 45.3 Å². The van der Waals surface area contributed by atoms with Crippen molar-refractivity contribution in [2.24, 2.45) is 5.92 Å². The molecule has 1 aliphatic rings. The first-order valence-electron chi connectivity index (χ1n) is 7.99. The number of aliphatic hydroxyl groups is 1. The van der Waals surface area contributed by atoms with Crippen LogP contribution >= 0.6 is 11.6 Å². The molecule has 2 atom stereocenters. The maximum Gasteiger partial charge on any atom is 0.420 e. The average molecular weight is 366 g/mol. The van der Waals surface area contributed by atoms with Gasteiger partial charge in [-0.3, -0.25) is 0 Å². The third-order valence-electron chi connectivity index (χ3n) is 4.53. The van der Waals surface area contributed by atoms with Gasteiger partial charge in [-0.2, -0.15) is 13.2 Å². The lowest BCUT2D eigenvalue weighted by Gasteiger charge is -2.42. The molecule has 1 aromatic heterocycles. The van der Waals surface area contributed by atoms with Crippen LogP contribution in [0.5, 0.6) is 0 Å². The molecule has 0 radical (unpaired) electrons. The van der Waals surface area contributed by atoms with Crippen LogP contribution in [0.2, 0.25) is 5.02 Å². The van der Waals surface area contributed by atoms with Crippen molar-refractivity contribution in [3.63, 3.8) is 0 Å². The molecule has 0 aliphatic carbocycles. The largest absolute Gasteiger partial charge is 0.420 e. The van der Waals surface area contributed by atoms with Gasteiger partial charge in [0.25, 0.3) is 0 Å². The molecule has 0 unspecified atom stereocenters. The van der Waals surface area contributed by atoms with Gasteiger partial charge in [0.1, 0.15) is 5.82 Å². The number of halogens is 4. The predicted octanol–water partition coefficient (Wildman–Crippen LogP) is 3.28. The van der Waals surface area contributed by atoms with Gasteiger partial charge < -0.3 is 14.9 Å². The molecule has 2 rings (SSSR count). The zero-order chi connectivity index (χ0) is 17.9. The van der Waals surface area contributed by atoms with E-state index in [4.69, 9.17) is 16.7 Å². The van der Waals surface area contributed by atoms with Crippen LogP contribution in [0.15, 0.2) is 12.3 Å². The van der Waals surface area contributed by atoms with E-state index in [1.54, 1.807) is 4.90 Å². The molecule has 0 spiro atoms. The number of alkyl halides is 3. The van der Waals surface area contributed by atoms with Gasteiger partial charge in [0, 0.05) is 31.9 Å². The number of aliphatic hydroxyl groups excluding tert-OH is 1. The summed E-state index contributed by atoms with van der Waals surface area (Å²) in [6, 6.07) is 1.22. The Hall–Kier alpha value is -1.05. The number of anilines is 1. The summed E-state index contributed by atoms with van der Waals surface area (Å²) in [7, 11) is 3.96. The molecular formula is C16H23ClF3N3O. The fourth-order valence-corrected chi connectivity index (χ4v) is 3.58. The Morgan fingerprint density at radius 3 is 2.71 bits per heavy atom. The van der Waals surface area contributed by atoms with E-state index in [0.29, 0.717) is 19.5 Å². The topological polar surface area (TPSA) is 39.6 Å². The molecule has 1 fully saturated rings. The first-order valence-corrected chi connectivity index (χ1v) is 8.36. The van der Waals surface area contributed by atoms with Crippen LogP contribution in [0.1, 0.15) is 24.8 Å². The van der Waals surface area contributed by atoms with E-state index in [-0.39, 0.29) is 29.4 Å². The molecule has 0 saturated carbocycles. The van der Waals surface area contributed by atoms with Crippen molar-refractivity contribution in [3.8, 4) is 0 Å². The number of pyridine rings is 1. The van der Waals surface area contributed by atoms with Crippen molar-refractivity contribution in [2.75, 3.05) is 38.7 Å². The first-order chi connectivity index (χ1) is 11.2. The van der Waals surface area contributed by atoms with Crippen molar-refractivity contribution in [2.45, 2.75) is 31.5 Å². The molecule has 8 heteroatoms. The van der Waals surface area contributed by atoms with Gasteiger partial charge in [0.15, 0.2) is 0 Å². The van der Waals surface area contributed by atoms with E-state index in [2.05, 4.69) is 9.88 Å². The maximum absolute atomic E-state index is 13.3. The number of hydrogen-bond donors (Lipinski definition) is 1. The SMILES string of the molecule is CN(C)[C@H]1CCN(c2ncc(Cl)cc2C(F)(F)F)C[C@H]1CCCO.